The van der Waals surface area contributed by atoms with Gasteiger partial charge in [0.05, 0.1) is 13.1 Å². The summed E-state index contributed by atoms with van der Waals surface area (Å²) in [5.41, 5.74) is 2.86. The average Bonchev–Trinajstić information content (AvgIpc) is 2.35. The smallest absolute Gasteiger partial charge is 0.234 e. The van der Waals surface area contributed by atoms with E-state index in [1.165, 1.54) is 0 Å². The van der Waals surface area contributed by atoms with E-state index in [0.717, 1.165) is 23.1 Å². The van der Waals surface area contributed by atoms with Gasteiger partial charge >= 0.3 is 0 Å². The Labute approximate surface area is 121 Å². The molecule has 0 saturated heterocycles. The molecule has 1 aromatic rings. The highest BCUT2D eigenvalue weighted by Crippen LogP contribution is 2.11. The second-order valence-corrected chi connectivity index (χ2v) is 5.26. The number of carbonyl (C=O) groups excluding carboxylic acids is 2. The van der Waals surface area contributed by atoms with Crippen molar-refractivity contribution in [3.8, 4) is 0 Å². The van der Waals surface area contributed by atoms with Crippen LogP contribution in [0.25, 0.3) is 0 Å². The lowest BCUT2D eigenvalue weighted by atomic mass is 10.0. The van der Waals surface area contributed by atoms with Crippen LogP contribution in [0.4, 0.5) is 0 Å². The maximum absolute atomic E-state index is 12.2. The van der Waals surface area contributed by atoms with Gasteiger partial charge in [-0.15, -0.1) is 0 Å². The zero-order valence-corrected chi connectivity index (χ0v) is 12.8. The second-order valence-electron chi connectivity index (χ2n) is 5.26. The fraction of sp³-hybridized carbons (Fsp3) is 0.500. The molecule has 1 rings (SSSR count). The molecule has 0 aromatic heterocycles. The van der Waals surface area contributed by atoms with Gasteiger partial charge in [-0.1, -0.05) is 30.7 Å². The van der Waals surface area contributed by atoms with E-state index >= 15 is 0 Å². The van der Waals surface area contributed by atoms with Gasteiger partial charge in [0.1, 0.15) is 0 Å². The molecule has 0 bridgehead atoms. The first kappa shape index (κ1) is 16.4. The Balaban J connectivity index is 2.55. The van der Waals surface area contributed by atoms with Crippen LogP contribution in [-0.4, -0.2) is 43.3 Å². The summed E-state index contributed by atoms with van der Waals surface area (Å²) in [6.07, 6.45) is 0.914. The van der Waals surface area contributed by atoms with Crippen molar-refractivity contribution in [1.29, 1.82) is 0 Å². The summed E-state index contributed by atoms with van der Waals surface area (Å²) < 4.78 is 0. The number of nitrogens with zero attached hydrogens (tertiary/aromatic N) is 1. The SMILES string of the molecule is CCCNC(=O)CN(C)CC(=O)c1ccc(C)cc1C. The van der Waals surface area contributed by atoms with Crippen molar-refractivity contribution in [1.82, 2.24) is 10.2 Å². The van der Waals surface area contributed by atoms with Crippen molar-refractivity contribution in [3.05, 3.63) is 34.9 Å². The van der Waals surface area contributed by atoms with Crippen molar-refractivity contribution < 1.29 is 9.59 Å². The van der Waals surface area contributed by atoms with Crippen molar-refractivity contribution >= 4 is 11.7 Å². The van der Waals surface area contributed by atoms with E-state index in [4.69, 9.17) is 0 Å². The standard InChI is InChI=1S/C16H24N2O2/c1-5-8-17-16(20)11-18(4)10-15(19)14-7-6-12(2)9-13(14)3/h6-7,9H,5,8,10-11H2,1-4H3,(H,17,20). The molecule has 4 heteroatoms. The average molecular weight is 276 g/mol. The van der Waals surface area contributed by atoms with Crippen LogP contribution in [0.5, 0.6) is 0 Å². The summed E-state index contributed by atoms with van der Waals surface area (Å²) in [6.45, 7) is 7.13. The summed E-state index contributed by atoms with van der Waals surface area (Å²) in [5.74, 6) is 0.0102. The van der Waals surface area contributed by atoms with Crippen LogP contribution in [0.15, 0.2) is 18.2 Å². The number of rotatable bonds is 7. The van der Waals surface area contributed by atoms with Crippen LogP contribution in [0.1, 0.15) is 34.8 Å². The van der Waals surface area contributed by atoms with Crippen LogP contribution in [0.2, 0.25) is 0 Å². The fourth-order valence-corrected chi connectivity index (χ4v) is 2.08. The van der Waals surface area contributed by atoms with Gasteiger partial charge in [-0.25, -0.2) is 0 Å². The third-order valence-electron chi connectivity index (χ3n) is 3.08. The Kier molecular flexibility index (Phi) is 6.39. The lowest BCUT2D eigenvalue weighted by molar-refractivity contribution is -0.121. The number of hydrogen-bond donors (Lipinski definition) is 1. The van der Waals surface area contributed by atoms with E-state index in [9.17, 15) is 9.59 Å². The first-order valence-corrected chi connectivity index (χ1v) is 6.99. The molecule has 0 fully saturated rings. The molecule has 1 aromatic carbocycles. The molecule has 0 atom stereocenters. The lowest BCUT2D eigenvalue weighted by Gasteiger charge is -2.16. The Morgan fingerprint density at radius 2 is 1.90 bits per heavy atom. The van der Waals surface area contributed by atoms with Gasteiger partial charge in [-0.3, -0.25) is 14.5 Å². The number of nitrogens with one attached hydrogen (secondary N) is 1. The summed E-state index contributed by atoms with van der Waals surface area (Å²) >= 11 is 0. The summed E-state index contributed by atoms with van der Waals surface area (Å²) in [5, 5.41) is 2.80. The van der Waals surface area contributed by atoms with E-state index in [1.54, 1.807) is 11.9 Å². The molecule has 0 spiro atoms. The van der Waals surface area contributed by atoms with Crippen molar-refractivity contribution in [2.75, 3.05) is 26.7 Å². The topological polar surface area (TPSA) is 49.4 Å². The van der Waals surface area contributed by atoms with E-state index < -0.39 is 0 Å². The molecule has 0 unspecified atom stereocenters. The van der Waals surface area contributed by atoms with Gasteiger partial charge in [0.2, 0.25) is 5.91 Å². The molecule has 0 radical (unpaired) electrons. The highest BCUT2D eigenvalue weighted by Gasteiger charge is 2.13. The second kappa shape index (κ2) is 7.80. The molecule has 4 nitrogen and oxygen atoms in total. The minimum atomic E-state index is -0.0391. The summed E-state index contributed by atoms with van der Waals surface area (Å²) in [4.78, 5) is 25.5. The van der Waals surface area contributed by atoms with Crippen LogP contribution in [0, 0.1) is 13.8 Å². The molecule has 0 heterocycles. The van der Waals surface area contributed by atoms with E-state index in [1.807, 2.05) is 39.0 Å². The van der Waals surface area contributed by atoms with Crippen LogP contribution >= 0.6 is 0 Å². The summed E-state index contributed by atoms with van der Waals surface area (Å²) in [7, 11) is 1.78. The Bertz CT molecular complexity index is 483. The van der Waals surface area contributed by atoms with Crippen LogP contribution < -0.4 is 5.32 Å². The number of likely N-dealkylation sites (N-methyl/N-ethyl adjacent to an activating group) is 1. The fourth-order valence-electron chi connectivity index (χ4n) is 2.08. The Hall–Kier alpha value is -1.68. The highest BCUT2D eigenvalue weighted by molar-refractivity contribution is 5.99. The molecule has 0 aliphatic heterocycles. The quantitative estimate of drug-likeness (QED) is 0.774. The van der Waals surface area contributed by atoms with Gasteiger partial charge in [-0.05, 0) is 32.9 Å². The van der Waals surface area contributed by atoms with E-state index in [-0.39, 0.29) is 24.8 Å². The molecule has 20 heavy (non-hydrogen) atoms. The normalized spacial score (nSPS) is 10.7. The number of ketones is 1. The van der Waals surface area contributed by atoms with Gasteiger partial charge in [0.25, 0.3) is 0 Å². The molecule has 1 N–H and O–H groups in total. The van der Waals surface area contributed by atoms with Gasteiger partial charge in [-0.2, -0.15) is 0 Å². The van der Waals surface area contributed by atoms with Crippen molar-refractivity contribution in [2.45, 2.75) is 27.2 Å². The predicted molar refractivity (Wildman–Crippen MR) is 81.0 cm³/mol. The number of amides is 1. The molecule has 0 aliphatic carbocycles. The van der Waals surface area contributed by atoms with Gasteiger partial charge < -0.3 is 5.32 Å². The molecule has 0 saturated carbocycles. The maximum Gasteiger partial charge on any atom is 0.234 e. The maximum atomic E-state index is 12.2. The number of aryl methyl sites for hydroxylation is 2. The number of benzene rings is 1. The third kappa shape index (κ3) is 5.13. The van der Waals surface area contributed by atoms with E-state index in [2.05, 4.69) is 5.32 Å². The molecular formula is C16H24N2O2. The zero-order chi connectivity index (χ0) is 15.1. The van der Waals surface area contributed by atoms with Crippen LogP contribution in [0.3, 0.4) is 0 Å². The van der Waals surface area contributed by atoms with Crippen molar-refractivity contribution in [2.24, 2.45) is 0 Å². The van der Waals surface area contributed by atoms with Gasteiger partial charge in [0, 0.05) is 12.1 Å². The summed E-state index contributed by atoms with van der Waals surface area (Å²) in [6, 6.07) is 5.80. The minimum Gasteiger partial charge on any atom is -0.355 e. The van der Waals surface area contributed by atoms with E-state index in [0.29, 0.717) is 6.54 Å². The van der Waals surface area contributed by atoms with Crippen LogP contribution in [-0.2, 0) is 4.79 Å². The predicted octanol–water partition coefficient (Wildman–Crippen LogP) is 1.94. The van der Waals surface area contributed by atoms with Crippen molar-refractivity contribution in [3.63, 3.8) is 0 Å². The number of Topliss-reactive ketones (excluding diaryl/α,β-unsaturated/α-hetero) is 1. The minimum absolute atomic E-state index is 0.0391. The number of hydrogen-bond acceptors (Lipinski definition) is 3. The third-order valence-corrected chi connectivity index (χ3v) is 3.08. The Morgan fingerprint density at radius 1 is 1.20 bits per heavy atom. The largest absolute Gasteiger partial charge is 0.355 e. The Morgan fingerprint density at radius 3 is 2.50 bits per heavy atom. The first-order chi connectivity index (χ1) is 9.43. The number of carbonyl (C=O) groups is 2. The molecule has 110 valence electrons. The molecule has 1 amide bonds. The van der Waals surface area contributed by atoms with Gasteiger partial charge in [0.15, 0.2) is 5.78 Å². The molecular weight excluding hydrogens is 252 g/mol. The highest BCUT2D eigenvalue weighted by atomic mass is 16.2. The lowest BCUT2D eigenvalue weighted by Crippen LogP contribution is -2.37. The first-order valence-electron chi connectivity index (χ1n) is 6.99. The molecule has 0 aliphatic rings. The zero-order valence-electron chi connectivity index (χ0n) is 12.8. The monoisotopic (exact) mass is 276 g/mol.